The van der Waals surface area contributed by atoms with E-state index in [9.17, 15) is 13.0 Å². The van der Waals surface area contributed by atoms with Gasteiger partial charge in [0, 0.05) is 23.5 Å². The summed E-state index contributed by atoms with van der Waals surface area (Å²) in [5, 5.41) is 12.0. The van der Waals surface area contributed by atoms with Crippen LogP contribution in [0.25, 0.3) is 4.98 Å². The van der Waals surface area contributed by atoms with Crippen molar-refractivity contribution in [1.82, 2.24) is 0 Å². The Morgan fingerprint density at radius 3 is 2.14 bits per heavy atom. The number of nitrogens with one attached hydrogen (secondary N) is 1. The van der Waals surface area contributed by atoms with Gasteiger partial charge in [-0.1, -0.05) is 48.5 Å². The predicted molar refractivity (Wildman–Crippen MR) is 108 cm³/mol. The molecule has 0 saturated carbocycles. The molecule has 1 N–H and O–H groups in total. The fourth-order valence-electron chi connectivity index (χ4n) is 2.24. The maximum Gasteiger partial charge on any atom is 0.426 e. The molecule has 8 nitrogen and oxygen atoms in total. The molecular formula is C20H19N3O5S. The van der Waals surface area contributed by atoms with Gasteiger partial charge in [0.15, 0.2) is 4.98 Å². The van der Waals surface area contributed by atoms with Gasteiger partial charge in [-0.3, -0.25) is 4.18 Å². The lowest BCUT2D eigenvalue weighted by Gasteiger charge is -2.06. The Labute approximate surface area is 169 Å². The van der Waals surface area contributed by atoms with Gasteiger partial charge >= 0.3 is 5.69 Å². The van der Waals surface area contributed by atoms with Crippen molar-refractivity contribution in [3.63, 3.8) is 0 Å². The Balaban J connectivity index is 0.000000221. The van der Waals surface area contributed by atoms with Crippen molar-refractivity contribution < 1.29 is 21.9 Å². The Kier molecular flexibility index (Phi) is 8.12. The first-order chi connectivity index (χ1) is 13.9. The second-order valence-electron chi connectivity index (χ2n) is 5.63. The third-order valence-electron chi connectivity index (χ3n) is 3.56. The van der Waals surface area contributed by atoms with E-state index in [4.69, 9.17) is 10.1 Å². The Hall–Kier alpha value is -3.45. The summed E-state index contributed by atoms with van der Waals surface area (Å²) >= 11 is 0. The molecule has 0 spiro atoms. The smallest absolute Gasteiger partial charge is 0.426 e. The second-order valence-corrected chi connectivity index (χ2v) is 6.69. The number of hydrogen-bond acceptors (Lipinski definition) is 7. The Morgan fingerprint density at radius 1 is 0.966 bits per heavy atom. The summed E-state index contributed by atoms with van der Waals surface area (Å²) in [5.74, 6) is 0.522. The van der Waals surface area contributed by atoms with Crippen LogP contribution < -0.4 is 10.1 Å². The van der Waals surface area contributed by atoms with E-state index in [0.717, 1.165) is 11.4 Å². The highest BCUT2D eigenvalue weighted by molar-refractivity contribution is 7.80. The third kappa shape index (κ3) is 7.98. The van der Waals surface area contributed by atoms with Crippen LogP contribution in [0.15, 0.2) is 78.9 Å². The van der Waals surface area contributed by atoms with Gasteiger partial charge in [0.1, 0.15) is 0 Å². The van der Waals surface area contributed by atoms with E-state index in [1.807, 2.05) is 36.4 Å². The summed E-state index contributed by atoms with van der Waals surface area (Å²) in [6, 6.07) is 23.7. The fourth-order valence-corrected chi connectivity index (χ4v) is 2.52. The summed E-state index contributed by atoms with van der Waals surface area (Å²) in [4.78, 5) is 3.14. The molecule has 0 aliphatic heterocycles. The molecular weight excluding hydrogens is 394 g/mol. The molecule has 0 aliphatic carbocycles. The minimum absolute atomic E-state index is 0.202. The highest BCUT2D eigenvalue weighted by atomic mass is 32.3. The fraction of sp³-hybridized carbons (Fsp3) is 0.100. The molecule has 0 aliphatic rings. The number of ether oxygens (including phenoxy) is 1. The molecule has 0 amide bonds. The van der Waals surface area contributed by atoms with Gasteiger partial charge < -0.3 is 14.6 Å². The molecule has 0 bridgehead atoms. The molecule has 0 saturated heterocycles. The summed E-state index contributed by atoms with van der Waals surface area (Å²) in [7, 11) is -3.03. The first-order valence-corrected chi connectivity index (χ1v) is 9.74. The molecule has 3 aromatic carbocycles. The SMILES string of the molecule is COc1cc(Nc2ccccc2)ccc1[N+]#N.O=S(=O)([O-])OCc1ccccc1. The molecule has 0 radical (unpaired) electrons. The van der Waals surface area contributed by atoms with Crippen LogP contribution in [0.1, 0.15) is 5.56 Å². The van der Waals surface area contributed by atoms with E-state index in [1.54, 1.807) is 42.5 Å². The quantitative estimate of drug-likeness (QED) is 0.357. The molecule has 3 rings (SSSR count). The highest BCUT2D eigenvalue weighted by Gasteiger charge is 2.14. The maximum atomic E-state index is 10.0. The highest BCUT2D eigenvalue weighted by Crippen LogP contribution is 2.31. The van der Waals surface area contributed by atoms with E-state index < -0.39 is 10.4 Å². The first-order valence-electron chi connectivity index (χ1n) is 8.40. The number of rotatable bonds is 6. The van der Waals surface area contributed by atoms with Crippen LogP contribution in [0.3, 0.4) is 0 Å². The summed E-state index contributed by atoms with van der Waals surface area (Å²) in [6.45, 7) is -0.202. The predicted octanol–water partition coefficient (Wildman–Crippen LogP) is 4.59. The summed E-state index contributed by atoms with van der Waals surface area (Å²) in [5.41, 5.74) is 2.92. The second kappa shape index (κ2) is 10.8. The molecule has 0 fully saturated rings. The standard InChI is InChI=1S/C13H12N3O.C7H8O4S/c1-17-13-9-11(7-8-12(13)16-14)15-10-5-3-2-4-6-10;8-12(9,10)11-6-7-4-2-1-3-5-7/h2-9,15H,1H3;1-5H,6H2,(H,8,9,10)/q+1;/p-1. The van der Waals surface area contributed by atoms with Gasteiger partial charge in [-0.25, -0.2) is 8.42 Å². The number of anilines is 2. The van der Waals surface area contributed by atoms with Crippen molar-refractivity contribution in [2.45, 2.75) is 6.61 Å². The zero-order valence-electron chi connectivity index (χ0n) is 15.6. The minimum Gasteiger partial charge on any atom is -0.726 e. The third-order valence-corrected chi connectivity index (χ3v) is 3.97. The van der Waals surface area contributed by atoms with E-state index in [1.165, 1.54) is 7.11 Å². The van der Waals surface area contributed by atoms with Crippen molar-refractivity contribution >= 4 is 27.5 Å². The number of nitrogens with zero attached hydrogens (tertiary/aromatic N) is 2. The van der Waals surface area contributed by atoms with Crippen LogP contribution in [-0.4, -0.2) is 20.1 Å². The van der Waals surface area contributed by atoms with Crippen LogP contribution in [0, 0.1) is 5.39 Å². The van der Waals surface area contributed by atoms with Crippen LogP contribution in [0.2, 0.25) is 0 Å². The van der Waals surface area contributed by atoms with Crippen LogP contribution in [-0.2, 0) is 21.2 Å². The Bertz CT molecular complexity index is 1050. The minimum atomic E-state index is -4.57. The molecule has 29 heavy (non-hydrogen) atoms. The lowest BCUT2D eigenvalue weighted by molar-refractivity contribution is 0.253. The normalized spacial score (nSPS) is 10.2. The van der Waals surface area contributed by atoms with E-state index >= 15 is 0 Å². The molecule has 0 aromatic heterocycles. The van der Waals surface area contributed by atoms with Crippen molar-refractivity contribution in [2.24, 2.45) is 0 Å². The van der Waals surface area contributed by atoms with Crippen molar-refractivity contribution in [2.75, 3.05) is 12.4 Å². The Morgan fingerprint density at radius 2 is 1.59 bits per heavy atom. The summed E-state index contributed by atoms with van der Waals surface area (Å²) < 4.78 is 39.2. The number of diazo groups is 1. The van der Waals surface area contributed by atoms with Gasteiger partial charge in [-0.2, -0.15) is 0 Å². The van der Waals surface area contributed by atoms with E-state index in [2.05, 4.69) is 14.5 Å². The molecule has 0 heterocycles. The monoisotopic (exact) mass is 413 g/mol. The first kappa shape index (κ1) is 21.8. The maximum absolute atomic E-state index is 10.0. The van der Waals surface area contributed by atoms with Crippen molar-refractivity contribution in [3.05, 3.63) is 89.4 Å². The van der Waals surface area contributed by atoms with Crippen molar-refractivity contribution in [3.8, 4) is 5.75 Å². The zero-order valence-corrected chi connectivity index (χ0v) is 16.4. The van der Waals surface area contributed by atoms with Gasteiger partial charge in [0.05, 0.1) is 13.7 Å². The van der Waals surface area contributed by atoms with Crippen LogP contribution in [0.5, 0.6) is 5.75 Å². The van der Waals surface area contributed by atoms with Crippen molar-refractivity contribution in [1.29, 1.82) is 5.39 Å². The van der Waals surface area contributed by atoms with Gasteiger partial charge in [0.2, 0.25) is 21.5 Å². The lowest BCUT2D eigenvalue weighted by Crippen LogP contribution is -2.03. The van der Waals surface area contributed by atoms with E-state index in [0.29, 0.717) is 17.0 Å². The summed E-state index contributed by atoms with van der Waals surface area (Å²) in [6.07, 6.45) is 0. The zero-order chi connectivity index (χ0) is 21.1. The topological polar surface area (TPSA) is 116 Å². The molecule has 9 heteroatoms. The van der Waals surface area contributed by atoms with Gasteiger partial charge in [0.25, 0.3) is 0 Å². The van der Waals surface area contributed by atoms with Crippen LogP contribution in [0.4, 0.5) is 17.1 Å². The largest absolute Gasteiger partial charge is 0.726 e. The number of benzene rings is 3. The van der Waals surface area contributed by atoms with E-state index in [-0.39, 0.29) is 6.61 Å². The van der Waals surface area contributed by atoms with Crippen LogP contribution >= 0.6 is 0 Å². The lowest BCUT2D eigenvalue weighted by atomic mass is 10.2. The number of para-hydroxylation sites is 1. The number of hydrogen-bond donors (Lipinski definition) is 1. The van der Waals surface area contributed by atoms with Gasteiger partial charge in [-0.05, 0) is 23.8 Å². The molecule has 0 atom stereocenters. The molecule has 3 aromatic rings. The molecule has 150 valence electrons. The average molecular weight is 413 g/mol. The number of methoxy groups -OCH3 is 1. The van der Waals surface area contributed by atoms with Gasteiger partial charge in [-0.15, -0.1) is 0 Å². The molecule has 0 unspecified atom stereocenters. The average Bonchev–Trinajstić information content (AvgIpc) is 2.73.